The van der Waals surface area contributed by atoms with Gasteiger partial charge in [-0.05, 0) is 6.92 Å². The second kappa shape index (κ2) is 3.04. The van der Waals surface area contributed by atoms with Crippen molar-refractivity contribution >= 4 is 0 Å². The van der Waals surface area contributed by atoms with Crippen molar-refractivity contribution in [2.24, 2.45) is 0 Å². The van der Waals surface area contributed by atoms with Gasteiger partial charge in [0.25, 0.3) is 0 Å². The summed E-state index contributed by atoms with van der Waals surface area (Å²) in [4.78, 5) is 0. The highest BCUT2D eigenvalue weighted by atomic mass is 16.6. The summed E-state index contributed by atoms with van der Waals surface area (Å²) in [5.41, 5.74) is 3.52. The number of aliphatic hydroxyl groups is 3. The van der Waals surface area contributed by atoms with Gasteiger partial charge in [-0.15, -0.1) is 0 Å². The van der Waals surface area contributed by atoms with Crippen molar-refractivity contribution in [1.29, 1.82) is 0 Å². The lowest BCUT2D eigenvalue weighted by molar-refractivity contribution is -0.485. The van der Waals surface area contributed by atoms with E-state index in [1.807, 2.05) is 0 Å². The molecule has 5 atom stereocenters. The van der Waals surface area contributed by atoms with Gasteiger partial charge in [-0.1, -0.05) is 0 Å². The molecule has 0 bridgehead atoms. The van der Waals surface area contributed by atoms with E-state index in [2.05, 4.69) is 5.73 Å². The lowest BCUT2D eigenvalue weighted by Gasteiger charge is -2.35. The number of rotatable bonds is 0. The summed E-state index contributed by atoms with van der Waals surface area (Å²) in [6.07, 6.45) is -3.61. The minimum absolute atomic E-state index is 0.476. The summed E-state index contributed by atoms with van der Waals surface area (Å²) in [6.45, 7) is 1.62. The standard InChI is InChI=1S/C6H13NO4/c1-2-4(8)3(7)5(9)6(10)11-2/h2-6,8-10H,7H2,1H3/p+1/t2-,3+,4-,5+,6?/m1/s1. The third-order valence-electron chi connectivity index (χ3n) is 2.00. The molecule has 0 aliphatic carbocycles. The number of ether oxygens (including phenoxy) is 1. The predicted molar refractivity (Wildman–Crippen MR) is 35.2 cm³/mol. The van der Waals surface area contributed by atoms with Crippen LogP contribution in [0.15, 0.2) is 0 Å². The summed E-state index contributed by atoms with van der Waals surface area (Å²) in [5.74, 6) is 0. The second-order valence-electron chi connectivity index (χ2n) is 2.88. The highest BCUT2D eigenvalue weighted by Gasteiger charge is 2.42. The molecule has 11 heavy (non-hydrogen) atoms. The maximum atomic E-state index is 9.28. The lowest BCUT2D eigenvalue weighted by Crippen LogP contribution is -2.77. The Bertz CT molecular complexity index is 129. The zero-order chi connectivity index (χ0) is 8.59. The Hall–Kier alpha value is -0.200. The minimum Gasteiger partial charge on any atom is -0.384 e. The van der Waals surface area contributed by atoms with Gasteiger partial charge in [0.2, 0.25) is 0 Å². The van der Waals surface area contributed by atoms with Gasteiger partial charge in [0.15, 0.2) is 12.4 Å². The van der Waals surface area contributed by atoms with Crippen LogP contribution in [0.3, 0.4) is 0 Å². The van der Waals surface area contributed by atoms with Crippen LogP contribution in [-0.2, 0) is 4.74 Å². The van der Waals surface area contributed by atoms with Gasteiger partial charge in [0.1, 0.15) is 12.1 Å². The van der Waals surface area contributed by atoms with Crippen LogP contribution in [0.1, 0.15) is 6.92 Å². The molecule has 0 aromatic rings. The molecular weight excluding hydrogens is 150 g/mol. The van der Waals surface area contributed by atoms with Crippen LogP contribution < -0.4 is 5.73 Å². The van der Waals surface area contributed by atoms with E-state index in [-0.39, 0.29) is 0 Å². The summed E-state index contributed by atoms with van der Waals surface area (Å²) in [7, 11) is 0. The topological polar surface area (TPSA) is 97.6 Å². The van der Waals surface area contributed by atoms with Crippen molar-refractivity contribution in [2.75, 3.05) is 0 Å². The van der Waals surface area contributed by atoms with Gasteiger partial charge in [0, 0.05) is 0 Å². The smallest absolute Gasteiger partial charge is 0.187 e. The zero-order valence-corrected chi connectivity index (χ0v) is 6.34. The van der Waals surface area contributed by atoms with E-state index in [0.717, 1.165) is 0 Å². The van der Waals surface area contributed by atoms with Crippen molar-refractivity contribution in [3.63, 3.8) is 0 Å². The molecule has 5 nitrogen and oxygen atoms in total. The van der Waals surface area contributed by atoms with Gasteiger partial charge in [0.05, 0.1) is 6.10 Å². The van der Waals surface area contributed by atoms with Crippen LogP contribution in [0.25, 0.3) is 0 Å². The molecule has 0 aromatic carbocycles. The van der Waals surface area contributed by atoms with E-state index in [0.29, 0.717) is 0 Å². The molecule has 1 rings (SSSR count). The first-order valence-electron chi connectivity index (χ1n) is 3.56. The number of aliphatic hydroxyl groups excluding tert-OH is 3. The fourth-order valence-electron chi connectivity index (χ4n) is 1.14. The molecule has 0 aromatic heterocycles. The van der Waals surface area contributed by atoms with Gasteiger partial charge in [-0.3, -0.25) is 0 Å². The number of quaternary nitrogens is 1. The van der Waals surface area contributed by atoms with Gasteiger partial charge >= 0.3 is 0 Å². The minimum atomic E-state index is -1.23. The van der Waals surface area contributed by atoms with Crippen LogP contribution in [0.5, 0.6) is 0 Å². The Balaban J connectivity index is 2.63. The van der Waals surface area contributed by atoms with E-state index in [1.165, 1.54) is 0 Å². The molecule has 1 heterocycles. The number of hydrogen-bond acceptors (Lipinski definition) is 4. The molecule has 1 unspecified atom stereocenters. The Morgan fingerprint density at radius 1 is 1.18 bits per heavy atom. The van der Waals surface area contributed by atoms with Crippen LogP contribution in [-0.4, -0.2) is 46.0 Å². The summed E-state index contributed by atoms with van der Waals surface area (Å²) in [6, 6.07) is -0.589. The Kier molecular flexibility index (Phi) is 2.46. The predicted octanol–water partition coefficient (Wildman–Crippen LogP) is -2.94. The molecule has 1 aliphatic heterocycles. The Labute approximate surface area is 64.4 Å². The van der Waals surface area contributed by atoms with Gasteiger partial charge in [-0.25, -0.2) is 0 Å². The van der Waals surface area contributed by atoms with Crippen molar-refractivity contribution in [2.45, 2.75) is 37.6 Å². The Morgan fingerprint density at radius 2 is 1.73 bits per heavy atom. The molecular formula is C6H14NO4+. The lowest BCUT2D eigenvalue weighted by atomic mass is 9.98. The normalized spacial score (nSPS) is 52.6. The monoisotopic (exact) mass is 164 g/mol. The largest absolute Gasteiger partial charge is 0.384 e. The fraction of sp³-hybridized carbons (Fsp3) is 1.00. The molecule has 66 valence electrons. The molecule has 1 saturated heterocycles. The molecule has 5 heteroatoms. The molecule has 0 spiro atoms. The molecule has 0 radical (unpaired) electrons. The molecule has 6 N–H and O–H groups in total. The van der Waals surface area contributed by atoms with Gasteiger partial charge < -0.3 is 25.8 Å². The van der Waals surface area contributed by atoms with Crippen LogP contribution >= 0.6 is 0 Å². The zero-order valence-electron chi connectivity index (χ0n) is 6.34. The average Bonchev–Trinajstić information content (AvgIpc) is 1.97. The fourth-order valence-corrected chi connectivity index (χ4v) is 1.14. The second-order valence-corrected chi connectivity index (χ2v) is 2.88. The maximum absolute atomic E-state index is 9.28. The first kappa shape index (κ1) is 8.89. The first-order chi connectivity index (χ1) is 5.04. The van der Waals surface area contributed by atoms with E-state index in [9.17, 15) is 5.11 Å². The van der Waals surface area contributed by atoms with Crippen molar-refractivity contribution in [3.05, 3.63) is 0 Å². The van der Waals surface area contributed by atoms with E-state index in [4.69, 9.17) is 14.9 Å². The highest BCUT2D eigenvalue weighted by Crippen LogP contribution is 2.16. The third-order valence-corrected chi connectivity index (χ3v) is 2.00. The molecule has 0 amide bonds. The summed E-state index contributed by atoms with van der Waals surface area (Å²) < 4.78 is 4.80. The van der Waals surface area contributed by atoms with Crippen molar-refractivity contribution in [1.82, 2.24) is 0 Å². The number of hydrogen-bond donors (Lipinski definition) is 4. The summed E-state index contributed by atoms with van der Waals surface area (Å²) in [5, 5.41) is 27.4. The average molecular weight is 164 g/mol. The first-order valence-corrected chi connectivity index (χ1v) is 3.56. The Morgan fingerprint density at radius 3 is 2.27 bits per heavy atom. The maximum Gasteiger partial charge on any atom is 0.187 e. The molecule has 1 fully saturated rings. The van der Waals surface area contributed by atoms with Crippen LogP contribution in [0.2, 0.25) is 0 Å². The van der Waals surface area contributed by atoms with E-state index in [1.54, 1.807) is 6.92 Å². The van der Waals surface area contributed by atoms with E-state index < -0.39 is 30.6 Å². The third kappa shape index (κ3) is 1.52. The van der Waals surface area contributed by atoms with Gasteiger partial charge in [-0.2, -0.15) is 0 Å². The summed E-state index contributed by atoms with van der Waals surface area (Å²) >= 11 is 0. The van der Waals surface area contributed by atoms with E-state index >= 15 is 0 Å². The highest BCUT2D eigenvalue weighted by molar-refractivity contribution is 4.85. The van der Waals surface area contributed by atoms with Crippen LogP contribution in [0.4, 0.5) is 0 Å². The molecule has 0 saturated carbocycles. The SMILES string of the molecule is C[C@H]1OC(O)[C@@H](O)[C@@H]([NH3+])[C@@H]1O. The van der Waals surface area contributed by atoms with Crippen molar-refractivity contribution < 1.29 is 25.8 Å². The van der Waals surface area contributed by atoms with Crippen molar-refractivity contribution in [3.8, 4) is 0 Å². The van der Waals surface area contributed by atoms with Crippen LogP contribution in [0, 0.1) is 0 Å². The quantitative estimate of drug-likeness (QED) is 0.308. The molecule has 1 aliphatic rings.